The predicted octanol–water partition coefficient (Wildman–Crippen LogP) is 27.6. The first-order chi connectivity index (χ1) is 54.6. The van der Waals surface area contributed by atoms with Crippen LogP contribution in [0.5, 0.6) is 0 Å². The van der Waals surface area contributed by atoms with Crippen LogP contribution in [0.3, 0.4) is 0 Å². The average molecular weight is 1580 g/mol. The van der Waals surface area contributed by atoms with Crippen LogP contribution in [0.2, 0.25) is 0 Å². The average Bonchev–Trinajstić information content (AvgIpc) is 0.870. The Labute approximate surface area is 694 Å². The molecule has 0 aromatic heterocycles. The van der Waals surface area contributed by atoms with Gasteiger partial charge in [-0.25, -0.2) is 0 Å². The maximum atomic E-state index is 13.8. The molecule has 112 heavy (non-hydrogen) atoms. The minimum atomic E-state index is -0.525. The van der Waals surface area contributed by atoms with E-state index in [0.29, 0.717) is 45.4 Å². The lowest BCUT2D eigenvalue weighted by molar-refractivity contribution is -0.161. The molecule has 0 bridgehead atoms. The van der Waals surface area contributed by atoms with Crippen molar-refractivity contribution in [2.75, 3.05) is 52.4 Å². The Bertz CT molecular complexity index is 2060. The second-order valence-electron chi connectivity index (χ2n) is 35.0. The number of unbranched alkanes of at least 4 members (excludes halogenated alkanes) is 45. The van der Waals surface area contributed by atoms with Gasteiger partial charge < -0.3 is 39.4 Å². The van der Waals surface area contributed by atoms with Gasteiger partial charge in [-0.2, -0.15) is 0 Å². The molecule has 0 spiro atoms. The lowest BCUT2D eigenvalue weighted by atomic mass is 9.86. The van der Waals surface area contributed by atoms with E-state index < -0.39 is 5.41 Å². The lowest BCUT2D eigenvalue weighted by Crippen LogP contribution is -2.37. The third-order valence-corrected chi connectivity index (χ3v) is 23.6. The topological polar surface area (TPSA) is 170 Å². The Morgan fingerprint density at radius 1 is 0.250 bits per heavy atom. The van der Waals surface area contributed by atoms with Crippen LogP contribution in [-0.2, 0) is 47.7 Å². The second kappa shape index (κ2) is 82.8. The van der Waals surface area contributed by atoms with Crippen LogP contribution in [0, 0.1) is 5.41 Å². The van der Waals surface area contributed by atoms with Crippen molar-refractivity contribution in [2.24, 2.45) is 5.41 Å². The van der Waals surface area contributed by atoms with Gasteiger partial charge in [0, 0.05) is 58.3 Å². The molecule has 0 aliphatic rings. The molecule has 2 N–H and O–H groups in total. The van der Waals surface area contributed by atoms with Gasteiger partial charge in [0.2, 0.25) is 11.8 Å². The first kappa shape index (κ1) is 109. The SMILES string of the molecule is CCCCCCCCCCC(CC)OC(=O)CCCCCN(CCCCCCCC(=O)OC(CCCCCCCC)CCCCCCCC)CCNC(=O)CCC(=O)NCCN(CCCCCCC(C)(C)C(=O)OC(CCCCCCCC)CCCCCCCC)CCCCCC(=O)OC(CC)CCCCCCCCCC. The van der Waals surface area contributed by atoms with Crippen LogP contribution in [0.4, 0.5) is 0 Å². The van der Waals surface area contributed by atoms with Crippen LogP contribution in [-0.4, -0.2) is 122 Å². The number of rotatable bonds is 89. The monoisotopic (exact) mass is 1580 g/mol. The van der Waals surface area contributed by atoms with E-state index in [1.165, 1.54) is 218 Å². The number of hydrogen-bond acceptors (Lipinski definition) is 12. The molecule has 0 fully saturated rings. The van der Waals surface area contributed by atoms with E-state index in [4.69, 9.17) is 18.9 Å². The highest BCUT2D eigenvalue weighted by Crippen LogP contribution is 2.29. The van der Waals surface area contributed by atoms with E-state index in [1.54, 1.807) is 0 Å². The summed E-state index contributed by atoms with van der Waals surface area (Å²) in [5.74, 6) is -0.454. The van der Waals surface area contributed by atoms with Crippen molar-refractivity contribution < 1.29 is 47.7 Å². The van der Waals surface area contributed by atoms with Gasteiger partial charge in [-0.15, -0.1) is 0 Å². The maximum absolute atomic E-state index is 13.8. The van der Waals surface area contributed by atoms with Gasteiger partial charge in [0.15, 0.2) is 0 Å². The van der Waals surface area contributed by atoms with Gasteiger partial charge >= 0.3 is 23.9 Å². The summed E-state index contributed by atoms with van der Waals surface area (Å²) in [6.07, 6.45) is 74.8. The number of esters is 4. The summed E-state index contributed by atoms with van der Waals surface area (Å²) < 4.78 is 24.4. The van der Waals surface area contributed by atoms with E-state index in [0.717, 1.165) is 219 Å². The zero-order valence-electron chi connectivity index (χ0n) is 76.2. The zero-order chi connectivity index (χ0) is 82.1. The molecule has 0 aromatic carbocycles. The van der Waals surface area contributed by atoms with Gasteiger partial charge in [0.1, 0.15) is 24.4 Å². The molecule has 0 saturated carbocycles. The highest BCUT2D eigenvalue weighted by molar-refractivity contribution is 5.83. The molecule has 2 unspecified atom stereocenters. The van der Waals surface area contributed by atoms with Crippen molar-refractivity contribution in [3.05, 3.63) is 0 Å². The first-order valence-corrected chi connectivity index (χ1v) is 49.4. The smallest absolute Gasteiger partial charge is 0.311 e. The molecule has 0 heterocycles. The van der Waals surface area contributed by atoms with Crippen LogP contribution in [0.1, 0.15) is 512 Å². The minimum Gasteiger partial charge on any atom is -0.462 e. The van der Waals surface area contributed by atoms with Gasteiger partial charge in [-0.3, -0.25) is 28.8 Å². The summed E-state index contributed by atoms with van der Waals surface area (Å²) in [6.45, 7) is 28.0. The Morgan fingerprint density at radius 3 is 0.759 bits per heavy atom. The van der Waals surface area contributed by atoms with Crippen molar-refractivity contribution in [3.63, 3.8) is 0 Å². The number of nitrogens with one attached hydrogen (secondary N) is 2. The molecule has 662 valence electrons. The fraction of sp³-hybridized carbons (Fsp3) is 0.939. The van der Waals surface area contributed by atoms with Crippen LogP contribution >= 0.6 is 0 Å². The molecule has 2 atom stereocenters. The highest BCUT2D eigenvalue weighted by Gasteiger charge is 2.31. The van der Waals surface area contributed by atoms with Crippen molar-refractivity contribution in [1.82, 2.24) is 20.4 Å². The quantitative estimate of drug-likeness (QED) is 0.0336. The summed E-state index contributed by atoms with van der Waals surface area (Å²) in [6, 6.07) is 0. The van der Waals surface area contributed by atoms with Crippen molar-refractivity contribution in [1.29, 1.82) is 0 Å². The molecule has 2 amide bonds. The molecule has 14 nitrogen and oxygen atoms in total. The Hall–Kier alpha value is -3.26. The Kier molecular flexibility index (Phi) is 80.4. The van der Waals surface area contributed by atoms with Crippen LogP contribution < -0.4 is 10.6 Å². The molecular weight excluding hydrogens is 1390 g/mol. The molecule has 0 aliphatic heterocycles. The molecule has 0 rings (SSSR count). The summed E-state index contributed by atoms with van der Waals surface area (Å²) >= 11 is 0. The van der Waals surface area contributed by atoms with Crippen molar-refractivity contribution >= 4 is 35.7 Å². The number of carbonyl (C=O) groups excluding carboxylic acids is 6. The number of ether oxygens (including phenoxy) is 4. The fourth-order valence-electron chi connectivity index (χ4n) is 15.7. The van der Waals surface area contributed by atoms with E-state index in [2.05, 4.69) is 89.7 Å². The van der Waals surface area contributed by atoms with Crippen LogP contribution in [0.25, 0.3) is 0 Å². The summed E-state index contributed by atoms with van der Waals surface area (Å²) in [4.78, 5) is 84.6. The fourth-order valence-corrected chi connectivity index (χ4v) is 15.7. The van der Waals surface area contributed by atoms with Gasteiger partial charge in [-0.05, 0) is 181 Å². The Morgan fingerprint density at radius 2 is 0.473 bits per heavy atom. The largest absolute Gasteiger partial charge is 0.462 e. The standard InChI is InChI=1S/C98H190N4O10/c1-11-19-25-31-37-39-46-54-68-88(17-7)109-94(105)75-61-52-66-84-101(82-64-50-41-48-60-74-96(107)111-90(70-56-42-33-27-21-13-3)71-57-43-34-28-22-14-4)86-80-99-92(103)77-78-93(104)100-81-87-102(85-67-53-62-76-95(106)110-89(18-8)69-55-47-40-38-32-26-20-12-2)83-65-51-49-63-79-98(9,10)97(108)112-91(72-58-44-35-29-23-15-5)73-59-45-36-30-24-16-6/h88-91H,11-87H2,1-10H3,(H,99,103)(H,100,104). The first-order valence-electron chi connectivity index (χ1n) is 49.4. The Balaban J connectivity index is 5.67. The molecule has 14 heteroatoms. The van der Waals surface area contributed by atoms with E-state index >= 15 is 0 Å². The van der Waals surface area contributed by atoms with E-state index in [9.17, 15) is 28.8 Å². The lowest BCUT2D eigenvalue weighted by Gasteiger charge is -2.27. The number of amides is 2. The normalized spacial score (nSPS) is 12.4. The molecule has 0 aromatic rings. The summed E-state index contributed by atoms with van der Waals surface area (Å²) in [5, 5.41) is 6.26. The third-order valence-electron chi connectivity index (χ3n) is 23.6. The molecular formula is C98H190N4O10. The van der Waals surface area contributed by atoms with Crippen molar-refractivity contribution in [3.8, 4) is 0 Å². The zero-order valence-corrected chi connectivity index (χ0v) is 76.2. The molecule has 0 saturated heterocycles. The van der Waals surface area contributed by atoms with E-state index in [1.807, 2.05) is 0 Å². The maximum Gasteiger partial charge on any atom is 0.311 e. The second-order valence-corrected chi connectivity index (χ2v) is 35.0. The number of nitrogens with zero attached hydrogens (tertiary/aromatic N) is 2. The van der Waals surface area contributed by atoms with Gasteiger partial charge in [0.25, 0.3) is 0 Å². The summed E-state index contributed by atoms with van der Waals surface area (Å²) in [5.41, 5.74) is -0.525. The van der Waals surface area contributed by atoms with E-state index in [-0.39, 0.29) is 72.9 Å². The minimum absolute atomic E-state index is 0.00728. The highest BCUT2D eigenvalue weighted by atomic mass is 16.6. The predicted molar refractivity (Wildman–Crippen MR) is 476 cm³/mol. The van der Waals surface area contributed by atoms with Crippen molar-refractivity contribution in [2.45, 2.75) is 537 Å². The molecule has 0 aliphatic carbocycles. The third kappa shape index (κ3) is 73.1. The van der Waals surface area contributed by atoms with Gasteiger partial charge in [-0.1, -0.05) is 325 Å². The number of hydrogen-bond donors (Lipinski definition) is 2. The molecule has 0 radical (unpaired) electrons. The van der Waals surface area contributed by atoms with Crippen LogP contribution in [0.15, 0.2) is 0 Å². The number of carbonyl (C=O) groups is 6. The summed E-state index contributed by atoms with van der Waals surface area (Å²) in [7, 11) is 0. The van der Waals surface area contributed by atoms with Gasteiger partial charge in [0.05, 0.1) is 5.41 Å².